The lowest BCUT2D eigenvalue weighted by Crippen LogP contribution is -2.30. The summed E-state index contributed by atoms with van der Waals surface area (Å²) in [6.07, 6.45) is 2.06. The summed E-state index contributed by atoms with van der Waals surface area (Å²) < 4.78 is 9.99. The van der Waals surface area contributed by atoms with Gasteiger partial charge in [0.05, 0.1) is 7.11 Å². The van der Waals surface area contributed by atoms with Crippen LogP contribution in [-0.4, -0.2) is 36.1 Å². The van der Waals surface area contributed by atoms with Crippen molar-refractivity contribution in [3.8, 4) is 0 Å². The number of nitrogens with one attached hydrogen (secondary N) is 1. The number of hydrogen-bond acceptors (Lipinski definition) is 5. The van der Waals surface area contributed by atoms with E-state index in [1.165, 1.54) is 14.0 Å². The van der Waals surface area contributed by atoms with Crippen molar-refractivity contribution in [1.82, 2.24) is 10.2 Å². The third kappa shape index (κ3) is 3.48. The Balaban J connectivity index is 2.46. The van der Waals surface area contributed by atoms with Crippen molar-refractivity contribution in [3.05, 3.63) is 0 Å². The molecule has 1 aliphatic rings. The molecule has 0 bridgehead atoms. The van der Waals surface area contributed by atoms with E-state index in [4.69, 9.17) is 9.15 Å². The fourth-order valence-corrected chi connectivity index (χ4v) is 2.30. The van der Waals surface area contributed by atoms with Crippen LogP contribution in [0.1, 0.15) is 19.8 Å². The predicted molar refractivity (Wildman–Crippen MR) is 51.9 cm³/mol. The van der Waals surface area contributed by atoms with Crippen molar-refractivity contribution >= 4 is 14.0 Å². The summed E-state index contributed by atoms with van der Waals surface area (Å²) in [6.45, 7) is 2.81. The maximum Gasteiger partial charge on any atom is 0.546 e. The molecule has 6 nitrogen and oxygen atoms in total. The van der Waals surface area contributed by atoms with Gasteiger partial charge in [-0.05, 0) is 12.8 Å². The smallest absolute Gasteiger partial charge is 0.272 e. The van der Waals surface area contributed by atoms with E-state index in [1.54, 1.807) is 5.06 Å². The summed E-state index contributed by atoms with van der Waals surface area (Å²) >= 11 is 0. The standard InChI is InChI=1S/C7H15N2O4P/c1-7(10)8-14(11,12-2)13-9-5-3-4-6-9/h11H,3-6H2,1-2H3/p+1. The molecule has 7 heteroatoms. The van der Waals surface area contributed by atoms with Crippen LogP contribution in [0.15, 0.2) is 0 Å². The van der Waals surface area contributed by atoms with E-state index in [0.29, 0.717) is 0 Å². The highest BCUT2D eigenvalue weighted by atomic mass is 31.2. The Labute approximate surface area is 83.8 Å². The Morgan fingerprint density at radius 3 is 2.50 bits per heavy atom. The van der Waals surface area contributed by atoms with Crippen molar-refractivity contribution in [2.75, 3.05) is 20.2 Å². The first-order valence-corrected chi connectivity index (χ1v) is 6.04. The first-order valence-electron chi connectivity index (χ1n) is 4.47. The van der Waals surface area contributed by atoms with Gasteiger partial charge in [-0.2, -0.15) is 9.42 Å². The van der Waals surface area contributed by atoms with Gasteiger partial charge in [0, 0.05) is 20.0 Å². The minimum Gasteiger partial charge on any atom is -0.272 e. The van der Waals surface area contributed by atoms with Crippen LogP contribution >= 0.6 is 8.09 Å². The first-order chi connectivity index (χ1) is 6.56. The lowest BCUT2D eigenvalue weighted by molar-refractivity contribution is -0.119. The number of carbonyl (C=O) groups excluding carboxylic acids is 1. The molecule has 1 rings (SSSR count). The van der Waals surface area contributed by atoms with Crippen LogP contribution in [0.25, 0.3) is 0 Å². The maximum atomic E-state index is 10.8. The van der Waals surface area contributed by atoms with Crippen LogP contribution in [0.2, 0.25) is 0 Å². The molecule has 0 radical (unpaired) electrons. The minimum absolute atomic E-state index is 0.373. The number of carbonyl (C=O) groups is 1. The lowest BCUT2D eigenvalue weighted by Gasteiger charge is -2.18. The molecule has 1 unspecified atom stereocenters. The predicted octanol–water partition coefficient (Wildman–Crippen LogP) is 0.466. The fraction of sp³-hybridized carbons (Fsp3) is 0.857. The summed E-state index contributed by atoms with van der Waals surface area (Å²) in [6, 6.07) is 0. The average Bonchev–Trinajstić information content (AvgIpc) is 2.55. The Morgan fingerprint density at radius 1 is 1.50 bits per heavy atom. The third-order valence-electron chi connectivity index (χ3n) is 1.84. The highest BCUT2D eigenvalue weighted by molar-refractivity contribution is 7.59. The van der Waals surface area contributed by atoms with Gasteiger partial charge in [-0.25, -0.2) is 0 Å². The van der Waals surface area contributed by atoms with Crippen LogP contribution in [0.5, 0.6) is 0 Å². The molecule has 1 amide bonds. The van der Waals surface area contributed by atoms with Crippen molar-refractivity contribution in [1.29, 1.82) is 0 Å². The highest BCUT2D eigenvalue weighted by Gasteiger charge is 2.45. The molecule has 0 aromatic heterocycles. The molecule has 1 aliphatic heterocycles. The molecule has 0 aliphatic carbocycles. The summed E-state index contributed by atoms with van der Waals surface area (Å²) in [4.78, 5) is 20.5. The van der Waals surface area contributed by atoms with Crippen molar-refractivity contribution in [2.45, 2.75) is 19.8 Å². The summed E-state index contributed by atoms with van der Waals surface area (Å²) in [5.74, 6) is -0.373. The average molecular weight is 223 g/mol. The van der Waals surface area contributed by atoms with E-state index in [0.717, 1.165) is 25.9 Å². The van der Waals surface area contributed by atoms with Crippen molar-refractivity contribution < 1.29 is 18.8 Å². The second-order valence-electron chi connectivity index (χ2n) is 3.09. The Hall–Kier alpha value is -0.260. The molecule has 14 heavy (non-hydrogen) atoms. The van der Waals surface area contributed by atoms with Crippen molar-refractivity contribution in [2.24, 2.45) is 0 Å². The van der Waals surface area contributed by atoms with Crippen LogP contribution in [0.3, 0.4) is 0 Å². The number of hydroxylamine groups is 2. The van der Waals surface area contributed by atoms with E-state index in [-0.39, 0.29) is 5.91 Å². The topological polar surface area (TPSA) is 71.0 Å². The number of hydrogen-bond donors (Lipinski definition) is 2. The largest absolute Gasteiger partial charge is 0.546 e. The second kappa shape index (κ2) is 5.00. The monoisotopic (exact) mass is 223 g/mol. The normalized spacial score (nSPS) is 21.9. The molecule has 2 N–H and O–H groups in total. The zero-order valence-corrected chi connectivity index (χ0v) is 9.29. The van der Waals surface area contributed by atoms with Gasteiger partial charge < -0.3 is 0 Å². The molecule has 1 saturated heterocycles. The van der Waals surface area contributed by atoms with E-state index in [1.807, 2.05) is 0 Å². The zero-order valence-electron chi connectivity index (χ0n) is 8.39. The Bertz CT molecular complexity index is 210. The lowest BCUT2D eigenvalue weighted by atomic mass is 10.4. The molecule has 1 atom stereocenters. The van der Waals surface area contributed by atoms with Crippen LogP contribution in [0, 0.1) is 0 Å². The molecule has 0 aromatic rings. The highest BCUT2D eigenvalue weighted by Crippen LogP contribution is 2.52. The van der Waals surface area contributed by atoms with Gasteiger partial charge in [-0.15, -0.1) is 10.2 Å². The van der Waals surface area contributed by atoms with Crippen molar-refractivity contribution in [3.63, 3.8) is 0 Å². The molecule has 0 saturated carbocycles. The van der Waals surface area contributed by atoms with E-state index in [9.17, 15) is 9.69 Å². The molecular formula is C7H16N2O4P+. The summed E-state index contributed by atoms with van der Waals surface area (Å²) in [7, 11) is -1.92. The number of rotatable bonds is 4. The van der Waals surface area contributed by atoms with Gasteiger partial charge in [0.1, 0.15) is 0 Å². The molecule has 0 aromatic carbocycles. The maximum absolute atomic E-state index is 10.8. The summed E-state index contributed by atoms with van der Waals surface area (Å²) in [5.41, 5.74) is 0. The van der Waals surface area contributed by atoms with Gasteiger partial charge >= 0.3 is 8.09 Å². The Kier molecular flexibility index (Phi) is 4.22. The SMILES string of the molecule is CO[P+](O)(NC(C)=O)ON1CCCC1. The van der Waals surface area contributed by atoms with Gasteiger partial charge in [0.2, 0.25) is 0 Å². The number of nitrogens with zero attached hydrogens (tertiary/aromatic N) is 1. The van der Waals surface area contributed by atoms with E-state index in [2.05, 4.69) is 5.09 Å². The van der Waals surface area contributed by atoms with Crippen LogP contribution < -0.4 is 5.09 Å². The minimum atomic E-state index is -3.23. The molecule has 0 spiro atoms. The molecule has 1 heterocycles. The Morgan fingerprint density at radius 2 is 2.07 bits per heavy atom. The second-order valence-corrected chi connectivity index (χ2v) is 4.88. The number of amides is 1. The third-order valence-corrected chi connectivity index (χ3v) is 3.38. The van der Waals surface area contributed by atoms with Crippen LogP contribution in [0.4, 0.5) is 0 Å². The summed E-state index contributed by atoms with van der Waals surface area (Å²) in [5, 5.41) is 3.89. The van der Waals surface area contributed by atoms with Gasteiger partial charge in [0.25, 0.3) is 5.91 Å². The fourth-order valence-electron chi connectivity index (χ4n) is 1.22. The first kappa shape index (κ1) is 11.8. The molecule has 1 fully saturated rings. The quantitative estimate of drug-likeness (QED) is 0.678. The zero-order chi connectivity index (χ0) is 10.6. The van der Waals surface area contributed by atoms with Gasteiger partial charge in [-0.1, -0.05) is 4.62 Å². The van der Waals surface area contributed by atoms with E-state index >= 15 is 0 Å². The van der Waals surface area contributed by atoms with Crippen LogP contribution in [-0.2, 0) is 13.9 Å². The molecular weight excluding hydrogens is 207 g/mol. The molecule has 82 valence electrons. The van der Waals surface area contributed by atoms with E-state index < -0.39 is 8.09 Å². The van der Waals surface area contributed by atoms with Gasteiger partial charge in [-0.3, -0.25) is 4.79 Å². The van der Waals surface area contributed by atoms with Gasteiger partial charge in [0.15, 0.2) is 0 Å².